The Morgan fingerprint density at radius 2 is 2.35 bits per heavy atom. The van der Waals surface area contributed by atoms with Gasteiger partial charge in [-0.15, -0.1) is 0 Å². The van der Waals surface area contributed by atoms with Gasteiger partial charge in [-0.3, -0.25) is 4.79 Å². The van der Waals surface area contributed by atoms with Gasteiger partial charge in [0.1, 0.15) is 11.5 Å². The van der Waals surface area contributed by atoms with Crippen molar-refractivity contribution in [3.05, 3.63) is 23.8 Å². The van der Waals surface area contributed by atoms with Gasteiger partial charge in [-0.25, -0.2) is 0 Å². The SMILES string of the molecule is COc1ccc(O)c(C(=O)NC(C)C2CCCNC2)c1. The van der Waals surface area contributed by atoms with Gasteiger partial charge < -0.3 is 20.5 Å². The zero-order valence-electron chi connectivity index (χ0n) is 12.0. The van der Waals surface area contributed by atoms with E-state index in [1.807, 2.05) is 6.92 Å². The van der Waals surface area contributed by atoms with Crippen molar-refractivity contribution in [2.75, 3.05) is 20.2 Å². The summed E-state index contributed by atoms with van der Waals surface area (Å²) < 4.78 is 5.08. The lowest BCUT2D eigenvalue weighted by Crippen LogP contribution is -2.44. The van der Waals surface area contributed by atoms with Crippen molar-refractivity contribution in [1.82, 2.24) is 10.6 Å². The minimum Gasteiger partial charge on any atom is -0.507 e. The number of phenols is 1. The minimum absolute atomic E-state index is 0.0303. The lowest BCUT2D eigenvalue weighted by molar-refractivity contribution is 0.0919. The molecule has 2 unspecified atom stereocenters. The standard InChI is InChI=1S/C15H22N2O3/c1-10(11-4-3-7-16-9-11)17-15(19)13-8-12(20-2)5-6-14(13)18/h5-6,8,10-11,16,18H,3-4,7,9H2,1-2H3,(H,17,19). The smallest absolute Gasteiger partial charge is 0.255 e. The number of rotatable bonds is 4. The van der Waals surface area contributed by atoms with Gasteiger partial charge in [0.25, 0.3) is 5.91 Å². The number of methoxy groups -OCH3 is 1. The molecule has 1 amide bonds. The summed E-state index contributed by atoms with van der Waals surface area (Å²) in [6.07, 6.45) is 2.24. The maximum atomic E-state index is 12.2. The molecule has 5 heteroatoms. The highest BCUT2D eigenvalue weighted by Crippen LogP contribution is 2.23. The Hall–Kier alpha value is -1.75. The van der Waals surface area contributed by atoms with Crippen LogP contribution in [0.4, 0.5) is 0 Å². The predicted octanol–water partition coefficient (Wildman–Crippen LogP) is 1.52. The van der Waals surface area contributed by atoms with Gasteiger partial charge in [0.05, 0.1) is 12.7 Å². The molecule has 0 bridgehead atoms. The summed E-state index contributed by atoms with van der Waals surface area (Å²) >= 11 is 0. The fourth-order valence-electron chi connectivity index (χ4n) is 2.53. The van der Waals surface area contributed by atoms with Gasteiger partial charge in [0.2, 0.25) is 0 Å². The third-order valence-corrected chi connectivity index (χ3v) is 3.85. The highest BCUT2D eigenvalue weighted by Gasteiger charge is 2.22. The fraction of sp³-hybridized carbons (Fsp3) is 0.533. The number of hydrogen-bond acceptors (Lipinski definition) is 4. The second-order valence-electron chi connectivity index (χ2n) is 5.25. The average molecular weight is 278 g/mol. The van der Waals surface area contributed by atoms with Crippen molar-refractivity contribution in [2.45, 2.75) is 25.8 Å². The molecule has 0 saturated carbocycles. The number of aromatic hydroxyl groups is 1. The Morgan fingerprint density at radius 3 is 3.00 bits per heavy atom. The molecule has 0 radical (unpaired) electrons. The van der Waals surface area contributed by atoms with Crippen molar-refractivity contribution >= 4 is 5.91 Å². The van der Waals surface area contributed by atoms with Gasteiger partial charge in [-0.05, 0) is 57.0 Å². The molecule has 3 N–H and O–H groups in total. The van der Waals surface area contributed by atoms with E-state index in [4.69, 9.17) is 4.74 Å². The minimum atomic E-state index is -0.264. The quantitative estimate of drug-likeness (QED) is 0.781. The third kappa shape index (κ3) is 3.42. The average Bonchev–Trinajstić information content (AvgIpc) is 2.48. The normalized spacial score (nSPS) is 20.2. The number of hydrogen-bond donors (Lipinski definition) is 3. The summed E-state index contributed by atoms with van der Waals surface area (Å²) in [7, 11) is 1.53. The summed E-state index contributed by atoms with van der Waals surface area (Å²) in [4.78, 5) is 12.2. The molecule has 0 aliphatic carbocycles. The number of nitrogens with one attached hydrogen (secondary N) is 2. The van der Waals surface area contributed by atoms with E-state index in [0.717, 1.165) is 25.9 Å². The van der Waals surface area contributed by atoms with Crippen LogP contribution < -0.4 is 15.4 Å². The molecule has 1 fully saturated rings. The summed E-state index contributed by atoms with van der Waals surface area (Å²) in [5, 5.41) is 16.1. The third-order valence-electron chi connectivity index (χ3n) is 3.85. The molecular weight excluding hydrogens is 256 g/mol. The van der Waals surface area contributed by atoms with Gasteiger partial charge >= 0.3 is 0 Å². The first-order chi connectivity index (χ1) is 9.61. The zero-order valence-corrected chi connectivity index (χ0v) is 12.0. The summed E-state index contributed by atoms with van der Waals surface area (Å²) in [6.45, 7) is 3.98. The molecule has 1 aromatic rings. The number of amides is 1. The van der Waals surface area contributed by atoms with Crippen LogP contribution in [0.3, 0.4) is 0 Å². The monoisotopic (exact) mass is 278 g/mol. The Morgan fingerprint density at radius 1 is 1.55 bits per heavy atom. The van der Waals surface area contributed by atoms with Gasteiger partial charge in [-0.2, -0.15) is 0 Å². The van der Waals surface area contributed by atoms with E-state index in [1.165, 1.54) is 13.2 Å². The van der Waals surface area contributed by atoms with E-state index in [-0.39, 0.29) is 23.3 Å². The van der Waals surface area contributed by atoms with Crippen molar-refractivity contribution < 1.29 is 14.6 Å². The number of carbonyl (C=O) groups excluding carboxylic acids is 1. The van der Waals surface area contributed by atoms with Crippen LogP contribution in [0.15, 0.2) is 18.2 Å². The number of carbonyl (C=O) groups is 1. The summed E-state index contributed by atoms with van der Waals surface area (Å²) in [6, 6.07) is 4.72. The van der Waals surface area contributed by atoms with Crippen LogP contribution in [0.2, 0.25) is 0 Å². The summed E-state index contributed by atoms with van der Waals surface area (Å²) in [5.74, 6) is 0.692. The first-order valence-electron chi connectivity index (χ1n) is 7.00. The number of piperidine rings is 1. The van der Waals surface area contributed by atoms with E-state index >= 15 is 0 Å². The largest absolute Gasteiger partial charge is 0.507 e. The second kappa shape index (κ2) is 6.61. The molecule has 1 aliphatic rings. The molecule has 0 spiro atoms. The first kappa shape index (κ1) is 14.7. The second-order valence-corrected chi connectivity index (χ2v) is 5.25. The first-order valence-corrected chi connectivity index (χ1v) is 7.00. The molecule has 1 aromatic carbocycles. The van der Waals surface area contributed by atoms with Gasteiger partial charge in [0, 0.05) is 6.04 Å². The van der Waals surface area contributed by atoms with Gasteiger partial charge in [-0.1, -0.05) is 0 Å². The predicted molar refractivity (Wildman–Crippen MR) is 77.2 cm³/mol. The lowest BCUT2D eigenvalue weighted by atomic mass is 9.92. The van der Waals surface area contributed by atoms with Crippen molar-refractivity contribution in [2.24, 2.45) is 5.92 Å². The molecule has 2 atom stereocenters. The van der Waals surface area contributed by atoms with E-state index in [1.54, 1.807) is 12.1 Å². The van der Waals surface area contributed by atoms with Gasteiger partial charge in [0.15, 0.2) is 0 Å². The van der Waals surface area contributed by atoms with Crippen LogP contribution in [0.5, 0.6) is 11.5 Å². The molecule has 0 aromatic heterocycles. The molecule has 110 valence electrons. The van der Waals surface area contributed by atoms with Crippen LogP contribution in [0, 0.1) is 5.92 Å². The zero-order chi connectivity index (χ0) is 14.5. The molecule has 1 aliphatic heterocycles. The highest BCUT2D eigenvalue weighted by atomic mass is 16.5. The number of phenolic OH excluding ortho intramolecular Hbond substituents is 1. The van der Waals surface area contributed by atoms with E-state index < -0.39 is 0 Å². The van der Waals surface area contributed by atoms with Crippen molar-refractivity contribution in [3.63, 3.8) is 0 Å². The molecule has 2 rings (SSSR count). The van der Waals surface area contributed by atoms with Crippen LogP contribution >= 0.6 is 0 Å². The van der Waals surface area contributed by atoms with Crippen LogP contribution in [-0.4, -0.2) is 37.3 Å². The Bertz CT molecular complexity index is 470. The van der Waals surface area contributed by atoms with Crippen LogP contribution in [0.1, 0.15) is 30.1 Å². The number of ether oxygens (including phenoxy) is 1. The topological polar surface area (TPSA) is 70.6 Å². The molecule has 1 heterocycles. The van der Waals surface area contributed by atoms with E-state index in [2.05, 4.69) is 10.6 Å². The Kier molecular flexibility index (Phi) is 4.84. The van der Waals surface area contributed by atoms with Crippen molar-refractivity contribution in [3.8, 4) is 11.5 Å². The number of benzene rings is 1. The van der Waals surface area contributed by atoms with Crippen LogP contribution in [0.25, 0.3) is 0 Å². The fourth-order valence-corrected chi connectivity index (χ4v) is 2.53. The Labute approximate surface area is 119 Å². The Balaban J connectivity index is 2.03. The summed E-state index contributed by atoms with van der Waals surface area (Å²) in [5.41, 5.74) is 0.250. The molecule has 20 heavy (non-hydrogen) atoms. The maximum absolute atomic E-state index is 12.2. The van der Waals surface area contributed by atoms with E-state index in [9.17, 15) is 9.90 Å². The van der Waals surface area contributed by atoms with Crippen molar-refractivity contribution in [1.29, 1.82) is 0 Å². The molecule has 1 saturated heterocycles. The van der Waals surface area contributed by atoms with Crippen LogP contribution in [-0.2, 0) is 0 Å². The highest BCUT2D eigenvalue weighted by molar-refractivity contribution is 5.97. The lowest BCUT2D eigenvalue weighted by Gasteiger charge is -2.29. The molecular formula is C15H22N2O3. The molecule has 5 nitrogen and oxygen atoms in total. The van der Waals surface area contributed by atoms with E-state index in [0.29, 0.717) is 11.7 Å². The maximum Gasteiger partial charge on any atom is 0.255 e.